The summed E-state index contributed by atoms with van der Waals surface area (Å²) in [5.74, 6) is -0.373. The molecule has 1 saturated heterocycles. The van der Waals surface area contributed by atoms with E-state index >= 15 is 0 Å². The largest absolute Gasteiger partial charge is 0.493 e. The van der Waals surface area contributed by atoms with Crippen LogP contribution in [-0.4, -0.2) is 32.1 Å². The molecule has 1 aliphatic heterocycles. The zero-order valence-corrected chi connectivity index (χ0v) is 20.8. The van der Waals surface area contributed by atoms with Gasteiger partial charge in [-0.25, -0.2) is 0 Å². The van der Waals surface area contributed by atoms with Gasteiger partial charge in [0.25, 0.3) is 17.3 Å². The highest BCUT2D eigenvalue weighted by molar-refractivity contribution is 8.27. The van der Waals surface area contributed by atoms with Crippen LogP contribution in [0, 0.1) is 30.3 Å². The van der Waals surface area contributed by atoms with Gasteiger partial charge in [0, 0.05) is 18.2 Å². The summed E-state index contributed by atoms with van der Waals surface area (Å²) in [6.45, 7) is 0. The van der Waals surface area contributed by atoms with Crippen LogP contribution >= 0.6 is 24.0 Å². The zero-order chi connectivity index (χ0) is 27.6. The summed E-state index contributed by atoms with van der Waals surface area (Å²) in [5, 5.41) is 33.3. The number of non-ortho nitro benzene ring substituents is 2. The van der Waals surface area contributed by atoms with Gasteiger partial charge in [-0.05, 0) is 42.0 Å². The van der Waals surface area contributed by atoms with E-state index < -0.39 is 32.1 Å². The van der Waals surface area contributed by atoms with Crippen LogP contribution in [0.5, 0.6) is 17.2 Å². The highest BCUT2D eigenvalue weighted by Crippen LogP contribution is 2.40. The van der Waals surface area contributed by atoms with Gasteiger partial charge in [0.05, 0.1) is 38.5 Å². The van der Waals surface area contributed by atoms with Crippen LogP contribution in [0.3, 0.4) is 0 Å². The Morgan fingerprint density at radius 1 is 0.842 bits per heavy atom. The van der Waals surface area contributed by atoms with Gasteiger partial charge in [0.15, 0.2) is 15.8 Å². The van der Waals surface area contributed by atoms with Crippen molar-refractivity contribution < 1.29 is 29.0 Å². The lowest BCUT2D eigenvalue weighted by atomic mass is 10.1. The summed E-state index contributed by atoms with van der Waals surface area (Å²) < 4.78 is 11.2. The second-order valence-corrected chi connectivity index (χ2v) is 9.14. The van der Waals surface area contributed by atoms with Gasteiger partial charge < -0.3 is 9.47 Å². The van der Waals surface area contributed by atoms with Crippen LogP contribution in [0.15, 0.2) is 65.6 Å². The van der Waals surface area contributed by atoms with E-state index in [2.05, 4.69) is 0 Å². The molecule has 13 nitrogen and oxygen atoms in total. The van der Waals surface area contributed by atoms with Crippen molar-refractivity contribution in [2.45, 2.75) is 0 Å². The number of hydrogen-bond acceptors (Lipinski definition) is 11. The first-order valence-electron chi connectivity index (χ1n) is 10.4. The van der Waals surface area contributed by atoms with Crippen molar-refractivity contribution >= 4 is 63.0 Å². The molecule has 0 radical (unpaired) electrons. The van der Waals surface area contributed by atoms with Crippen LogP contribution in [0.25, 0.3) is 6.08 Å². The Hall–Kier alpha value is -4.89. The molecule has 3 aromatic carbocycles. The maximum absolute atomic E-state index is 13.0. The number of nitro benzene ring substituents is 3. The van der Waals surface area contributed by atoms with E-state index in [9.17, 15) is 35.1 Å². The first-order chi connectivity index (χ1) is 18.1. The molecule has 0 unspecified atom stereocenters. The number of benzene rings is 3. The average molecular weight is 555 g/mol. The number of anilines is 1. The monoisotopic (exact) mass is 554 g/mol. The van der Waals surface area contributed by atoms with Gasteiger partial charge in [0.2, 0.25) is 5.75 Å². The first-order valence-corrected chi connectivity index (χ1v) is 11.6. The third-order valence-electron chi connectivity index (χ3n) is 5.17. The minimum Gasteiger partial charge on any atom is -0.493 e. The van der Waals surface area contributed by atoms with E-state index in [0.717, 1.165) is 30.0 Å². The van der Waals surface area contributed by atoms with Gasteiger partial charge in [-0.3, -0.25) is 40.0 Å². The molecule has 0 N–H and O–H groups in total. The standard InChI is InChI=1S/C23H14N4O9S2/c1-35-20-10-13(2-8-19(20)36-18-9-7-16(26(31)32)12-17(18)27(33)34)11-21-22(28)24(23(37)38-21)14-3-5-15(6-4-14)25(29)30/h2-12H,1H3/b21-11-. The van der Waals surface area contributed by atoms with Crippen molar-refractivity contribution in [3.8, 4) is 17.2 Å². The molecular formula is C23H14N4O9S2. The maximum Gasteiger partial charge on any atom is 0.318 e. The fourth-order valence-electron chi connectivity index (χ4n) is 3.39. The number of hydrogen-bond donors (Lipinski definition) is 0. The second-order valence-electron chi connectivity index (χ2n) is 7.47. The quantitative estimate of drug-likeness (QED) is 0.147. The van der Waals surface area contributed by atoms with E-state index in [1.54, 1.807) is 12.1 Å². The molecule has 0 bridgehead atoms. The molecule has 0 aromatic heterocycles. The first kappa shape index (κ1) is 26.2. The minimum absolute atomic E-state index is 0.0973. The summed E-state index contributed by atoms with van der Waals surface area (Å²) in [4.78, 5) is 45.7. The van der Waals surface area contributed by atoms with Crippen molar-refractivity contribution in [2.75, 3.05) is 12.0 Å². The van der Waals surface area contributed by atoms with E-state index in [1.807, 2.05) is 0 Å². The number of ether oxygens (including phenoxy) is 2. The Morgan fingerprint density at radius 2 is 1.47 bits per heavy atom. The lowest BCUT2D eigenvalue weighted by molar-refractivity contribution is -0.394. The number of carbonyl (C=O) groups excluding carboxylic acids is 1. The normalized spacial score (nSPS) is 14.0. The molecule has 0 saturated carbocycles. The summed E-state index contributed by atoms with van der Waals surface area (Å²) in [7, 11) is 1.35. The lowest BCUT2D eigenvalue weighted by Gasteiger charge is -2.14. The molecule has 38 heavy (non-hydrogen) atoms. The predicted octanol–water partition coefficient (Wildman–Crippen LogP) is 5.62. The van der Waals surface area contributed by atoms with Crippen LogP contribution in [0.4, 0.5) is 22.7 Å². The topological polar surface area (TPSA) is 168 Å². The van der Waals surface area contributed by atoms with Crippen molar-refractivity contribution in [1.29, 1.82) is 0 Å². The van der Waals surface area contributed by atoms with E-state index in [1.165, 1.54) is 48.4 Å². The fraction of sp³-hybridized carbons (Fsp3) is 0.0435. The number of thioether (sulfide) groups is 1. The third-order valence-corrected chi connectivity index (χ3v) is 6.47. The Balaban J connectivity index is 1.60. The number of amides is 1. The fourth-order valence-corrected chi connectivity index (χ4v) is 4.69. The highest BCUT2D eigenvalue weighted by Gasteiger charge is 2.33. The molecule has 1 fully saturated rings. The summed E-state index contributed by atoms with van der Waals surface area (Å²) in [6.07, 6.45) is 1.56. The smallest absolute Gasteiger partial charge is 0.318 e. The molecule has 1 aliphatic rings. The molecule has 192 valence electrons. The molecule has 0 atom stereocenters. The minimum atomic E-state index is -0.796. The molecule has 15 heteroatoms. The molecular weight excluding hydrogens is 540 g/mol. The molecule has 4 rings (SSSR count). The van der Waals surface area contributed by atoms with Crippen molar-refractivity contribution in [1.82, 2.24) is 0 Å². The van der Waals surface area contributed by atoms with Gasteiger partial charge in [-0.2, -0.15) is 0 Å². The second kappa shape index (κ2) is 10.6. The summed E-state index contributed by atoms with van der Waals surface area (Å²) >= 11 is 6.37. The van der Waals surface area contributed by atoms with Gasteiger partial charge in [0.1, 0.15) is 0 Å². The number of rotatable bonds is 8. The predicted molar refractivity (Wildman–Crippen MR) is 142 cm³/mol. The molecule has 0 aliphatic carbocycles. The number of methoxy groups -OCH3 is 1. The van der Waals surface area contributed by atoms with Crippen molar-refractivity contribution in [2.24, 2.45) is 0 Å². The van der Waals surface area contributed by atoms with Crippen LogP contribution in [0.1, 0.15) is 5.56 Å². The molecule has 1 heterocycles. The Kier molecular flexibility index (Phi) is 7.31. The zero-order valence-electron chi connectivity index (χ0n) is 19.1. The summed E-state index contributed by atoms with van der Waals surface area (Å²) in [6, 6.07) is 13.0. The number of thiocarbonyl (C=S) groups is 1. The SMILES string of the molecule is COc1cc(/C=C2\SC(=S)N(c3ccc([N+](=O)[O-])cc3)C2=O)ccc1Oc1ccc([N+](=O)[O-])cc1[N+](=O)[O-]. The number of nitrogens with zero attached hydrogens (tertiary/aromatic N) is 4. The van der Waals surface area contributed by atoms with E-state index in [-0.39, 0.29) is 32.2 Å². The molecule has 1 amide bonds. The summed E-state index contributed by atoms with van der Waals surface area (Å²) in [5.41, 5.74) is -0.273. The number of carbonyl (C=O) groups is 1. The van der Waals surface area contributed by atoms with Crippen molar-refractivity contribution in [3.05, 3.63) is 101 Å². The molecule has 3 aromatic rings. The third kappa shape index (κ3) is 5.28. The van der Waals surface area contributed by atoms with Gasteiger partial charge in [-0.15, -0.1) is 0 Å². The Labute approximate surface area is 222 Å². The van der Waals surface area contributed by atoms with Crippen LogP contribution < -0.4 is 14.4 Å². The van der Waals surface area contributed by atoms with Crippen LogP contribution in [0.2, 0.25) is 0 Å². The van der Waals surface area contributed by atoms with Gasteiger partial charge in [-0.1, -0.05) is 30.0 Å². The lowest BCUT2D eigenvalue weighted by Crippen LogP contribution is -2.27. The Morgan fingerprint density at radius 3 is 2.08 bits per heavy atom. The van der Waals surface area contributed by atoms with Gasteiger partial charge >= 0.3 is 5.69 Å². The van der Waals surface area contributed by atoms with E-state index in [4.69, 9.17) is 21.7 Å². The maximum atomic E-state index is 13.0. The highest BCUT2D eigenvalue weighted by atomic mass is 32.2. The van der Waals surface area contributed by atoms with Crippen LogP contribution in [-0.2, 0) is 4.79 Å². The number of nitro groups is 3. The Bertz CT molecular complexity index is 1540. The molecule has 0 spiro atoms. The van der Waals surface area contributed by atoms with E-state index in [0.29, 0.717) is 11.3 Å². The average Bonchev–Trinajstić information content (AvgIpc) is 3.16. The van der Waals surface area contributed by atoms with Crippen molar-refractivity contribution in [3.63, 3.8) is 0 Å².